The van der Waals surface area contributed by atoms with Crippen molar-refractivity contribution in [3.8, 4) is 28.4 Å². The molecule has 4 rings (SSSR count). The second kappa shape index (κ2) is 5.52. The van der Waals surface area contributed by atoms with Crippen LogP contribution in [0.4, 0.5) is 0 Å². The van der Waals surface area contributed by atoms with Gasteiger partial charge in [-0.25, -0.2) is 0 Å². The van der Waals surface area contributed by atoms with Crippen LogP contribution in [0.15, 0.2) is 36.4 Å². The van der Waals surface area contributed by atoms with Crippen LogP contribution in [0.3, 0.4) is 0 Å². The quantitative estimate of drug-likeness (QED) is 0.557. The van der Waals surface area contributed by atoms with Gasteiger partial charge in [0, 0.05) is 33.0 Å². The molecule has 0 aliphatic heterocycles. The summed E-state index contributed by atoms with van der Waals surface area (Å²) in [4.78, 5) is 13.1. The monoisotopic (exact) mass is 334 g/mol. The van der Waals surface area contributed by atoms with Crippen LogP contribution in [-0.4, -0.2) is 27.1 Å². The van der Waals surface area contributed by atoms with E-state index in [0.717, 1.165) is 27.5 Å². The summed E-state index contributed by atoms with van der Waals surface area (Å²) in [6.07, 6.45) is 0. The van der Waals surface area contributed by atoms with Crippen molar-refractivity contribution in [3.63, 3.8) is 0 Å². The van der Waals surface area contributed by atoms with Gasteiger partial charge in [-0.1, -0.05) is 12.1 Å². The summed E-state index contributed by atoms with van der Waals surface area (Å²) in [5.74, 6) is 2.05. The van der Waals surface area contributed by atoms with Gasteiger partial charge in [0.25, 0.3) is 0 Å². The first-order valence-electron chi connectivity index (χ1n) is 8.02. The number of fused-ring (bicyclic) bond motifs is 4. The van der Waals surface area contributed by atoms with Crippen LogP contribution < -0.4 is 14.2 Å². The van der Waals surface area contributed by atoms with Crippen molar-refractivity contribution in [2.75, 3.05) is 21.3 Å². The number of ketones is 1. The molecule has 0 saturated heterocycles. The van der Waals surface area contributed by atoms with Crippen LogP contribution in [0.1, 0.15) is 21.5 Å². The summed E-state index contributed by atoms with van der Waals surface area (Å²) in [6.45, 7) is 1.95. The highest BCUT2D eigenvalue weighted by Crippen LogP contribution is 2.51. The molecule has 0 radical (unpaired) electrons. The van der Waals surface area contributed by atoms with Crippen molar-refractivity contribution >= 4 is 16.6 Å². The van der Waals surface area contributed by atoms with Gasteiger partial charge < -0.3 is 14.2 Å². The fourth-order valence-electron chi connectivity index (χ4n) is 3.68. The standard InChI is InChI=1S/C21H18O4/c1-11-8-14-18(17(9-11)24-3)19-15(20(14)22)10-13-12(21(19)25-4)6-5-7-16(13)23-2/h5-10H,1-4H3. The first kappa shape index (κ1) is 15.5. The van der Waals surface area contributed by atoms with E-state index in [9.17, 15) is 4.79 Å². The van der Waals surface area contributed by atoms with E-state index in [4.69, 9.17) is 14.2 Å². The van der Waals surface area contributed by atoms with Crippen molar-refractivity contribution in [1.82, 2.24) is 0 Å². The highest BCUT2D eigenvalue weighted by molar-refractivity contribution is 6.26. The van der Waals surface area contributed by atoms with Gasteiger partial charge in [0.15, 0.2) is 5.78 Å². The SMILES string of the molecule is COc1cc(C)cc2c1-c1c(cc3c(OC)cccc3c1OC)C2=O. The Morgan fingerprint density at radius 1 is 0.760 bits per heavy atom. The van der Waals surface area contributed by atoms with E-state index in [1.54, 1.807) is 21.3 Å². The van der Waals surface area contributed by atoms with E-state index in [1.165, 1.54) is 0 Å². The lowest BCUT2D eigenvalue weighted by molar-refractivity contribution is 0.104. The first-order valence-corrected chi connectivity index (χ1v) is 8.02. The number of hydrogen-bond acceptors (Lipinski definition) is 4. The Kier molecular flexibility index (Phi) is 3.42. The predicted molar refractivity (Wildman–Crippen MR) is 97.2 cm³/mol. The van der Waals surface area contributed by atoms with Gasteiger partial charge in [0.1, 0.15) is 17.2 Å². The van der Waals surface area contributed by atoms with E-state index < -0.39 is 0 Å². The Morgan fingerprint density at radius 3 is 2.16 bits per heavy atom. The lowest BCUT2D eigenvalue weighted by Gasteiger charge is -2.15. The minimum Gasteiger partial charge on any atom is -0.496 e. The number of benzene rings is 3. The molecule has 0 heterocycles. The van der Waals surface area contributed by atoms with Crippen LogP contribution in [0.2, 0.25) is 0 Å². The summed E-state index contributed by atoms with van der Waals surface area (Å²) >= 11 is 0. The third-order valence-electron chi connectivity index (χ3n) is 4.73. The van der Waals surface area contributed by atoms with Crippen LogP contribution >= 0.6 is 0 Å². The maximum Gasteiger partial charge on any atom is 0.194 e. The average Bonchev–Trinajstić information content (AvgIpc) is 2.91. The largest absolute Gasteiger partial charge is 0.496 e. The van der Waals surface area contributed by atoms with Gasteiger partial charge in [-0.05, 0) is 36.8 Å². The molecule has 0 unspecified atom stereocenters. The Hall–Kier alpha value is -3.01. The zero-order valence-electron chi connectivity index (χ0n) is 14.6. The Bertz CT molecular complexity index is 1030. The molecular weight excluding hydrogens is 316 g/mol. The van der Waals surface area contributed by atoms with E-state index in [1.807, 2.05) is 43.3 Å². The minimum atomic E-state index is -0.0156. The van der Waals surface area contributed by atoms with Gasteiger partial charge in [0.2, 0.25) is 0 Å². The van der Waals surface area contributed by atoms with Crippen LogP contribution in [0.25, 0.3) is 21.9 Å². The van der Waals surface area contributed by atoms with E-state index in [2.05, 4.69) is 0 Å². The smallest absolute Gasteiger partial charge is 0.194 e. The Morgan fingerprint density at radius 2 is 1.48 bits per heavy atom. The molecule has 0 fully saturated rings. The number of hydrogen-bond donors (Lipinski definition) is 0. The second-order valence-electron chi connectivity index (χ2n) is 6.11. The number of carbonyl (C=O) groups excluding carboxylic acids is 1. The zero-order valence-corrected chi connectivity index (χ0v) is 14.6. The Balaban J connectivity index is 2.18. The third kappa shape index (κ3) is 2.03. The second-order valence-corrected chi connectivity index (χ2v) is 6.11. The molecule has 0 aromatic heterocycles. The maximum absolute atomic E-state index is 13.1. The molecule has 4 nitrogen and oxygen atoms in total. The van der Waals surface area contributed by atoms with Gasteiger partial charge in [0.05, 0.1) is 21.3 Å². The van der Waals surface area contributed by atoms with Crippen LogP contribution in [0.5, 0.6) is 17.2 Å². The molecular formula is C21H18O4. The van der Waals surface area contributed by atoms with Crippen LogP contribution in [-0.2, 0) is 0 Å². The average molecular weight is 334 g/mol. The molecule has 1 aliphatic carbocycles. The lowest BCUT2D eigenvalue weighted by Crippen LogP contribution is -1.97. The number of ether oxygens (including phenoxy) is 3. The summed E-state index contributed by atoms with van der Waals surface area (Å²) in [7, 11) is 4.86. The number of methoxy groups -OCH3 is 3. The highest BCUT2D eigenvalue weighted by Gasteiger charge is 2.34. The Labute approximate surface area is 145 Å². The van der Waals surface area contributed by atoms with Crippen molar-refractivity contribution in [1.29, 1.82) is 0 Å². The van der Waals surface area contributed by atoms with Gasteiger partial charge in [-0.3, -0.25) is 4.79 Å². The van der Waals surface area contributed by atoms with Crippen molar-refractivity contribution in [2.24, 2.45) is 0 Å². The third-order valence-corrected chi connectivity index (χ3v) is 4.73. The minimum absolute atomic E-state index is 0.0156. The summed E-state index contributed by atoms with van der Waals surface area (Å²) in [5.41, 5.74) is 3.85. The highest BCUT2D eigenvalue weighted by atomic mass is 16.5. The molecule has 1 aliphatic rings. The molecule has 0 amide bonds. The van der Waals surface area contributed by atoms with Crippen LogP contribution in [0, 0.1) is 6.92 Å². The summed E-state index contributed by atoms with van der Waals surface area (Å²) in [6, 6.07) is 11.5. The lowest BCUT2D eigenvalue weighted by atomic mass is 9.97. The molecule has 3 aromatic rings. The summed E-state index contributed by atoms with van der Waals surface area (Å²) in [5, 5.41) is 1.77. The normalized spacial score (nSPS) is 12.1. The fourth-order valence-corrected chi connectivity index (χ4v) is 3.68. The van der Waals surface area contributed by atoms with Gasteiger partial charge >= 0.3 is 0 Å². The molecule has 3 aromatic carbocycles. The van der Waals surface area contributed by atoms with E-state index in [-0.39, 0.29) is 5.78 Å². The van der Waals surface area contributed by atoms with E-state index >= 15 is 0 Å². The molecule has 25 heavy (non-hydrogen) atoms. The van der Waals surface area contributed by atoms with Gasteiger partial charge in [-0.2, -0.15) is 0 Å². The maximum atomic E-state index is 13.1. The van der Waals surface area contributed by atoms with Crippen molar-refractivity contribution in [2.45, 2.75) is 6.92 Å². The molecule has 0 atom stereocenters. The fraction of sp³-hybridized carbons (Fsp3) is 0.190. The van der Waals surface area contributed by atoms with Crippen molar-refractivity contribution in [3.05, 3.63) is 53.1 Å². The number of carbonyl (C=O) groups is 1. The molecule has 0 bridgehead atoms. The predicted octanol–water partition coefficient (Wildman–Crippen LogP) is 4.39. The van der Waals surface area contributed by atoms with Crippen molar-refractivity contribution < 1.29 is 19.0 Å². The number of aryl methyl sites for hydroxylation is 1. The zero-order chi connectivity index (χ0) is 17.7. The molecule has 4 heteroatoms. The summed E-state index contributed by atoms with van der Waals surface area (Å²) < 4.78 is 16.8. The molecule has 0 spiro atoms. The topological polar surface area (TPSA) is 44.8 Å². The van der Waals surface area contributed by atoms with E-state index in [0.29, 0.717) is 28.4 Å². The molecule has 0 N–H and O–H groups in total. The number of rotatable bonds is 3. The molecule has 126 valence electrons. The molecule has 0 saturated carbocycles. The van der Waals surface area contributed by atoms with Gasteiger partial charge in [-0.15, -0.1) is 0 Å². The first-order chi connectivity index (χ1) is 12.1.